The zero-order valence-corrected chi connectivity index (χ0v) is 9.16. The van der Waals surface area contributed by atoms with E-state index in [0.717, 1.165) is 11.4 Å². The van der Waals surface area contributed by atoms with Gasteiger partial charge in [-0.1, -0.05) is 13.8 Å². The molecule has 0 aliphatic heterocycles. The molecule has 3 heteroatoms. The van der Waals surface area contributed by atoms with Crippen molar-refractivity contribution >= 4 is 5.78 Å². The van der Waals surface area contributed by atoms with Crippen LogP contribution in [0.3, 0.4) is 0 Å². The fourth-order valence-electron chi connectivity index (χ4n) is 1.15. The molecule has 0 unspecified atom stereocenters. The third-order valence-electron chi connectivity index (χ3n) is 2.07. The van der Waals surface area contributed by atoms with Gasteiger partial charge in [-0.25, -0.2) is 4.98 Å². The topological polar surface area (TPSA) is 42.9 Å². The third kappa shape index (κ3) is 2.62. The summed E-state index contributed by atoms with van der Waals surface area (Å²) in [6.45, 7) is 7.80. The summed E-state index contributed by atoms with van der Waals surface area (Å²) in [5, 5.41) is 0. The number of nitrogens with zero attached hydrogens (tertiary/aromatic N) is 2. The molecule has 1 rings (SSSR count). The van der Waals surface area contributed by atoms with Gasteiger partial charge in [-0.2, -0.15) is 0 Å². The van der Waals surface area contributed by atoms with E-state index >= 15 is 0 Å². The van der Waals surface area contributed by atoms with Gasteiger partial charge in [-0.15, -0.1) is 0 Å². The number of aromatic nitrogens is 2. The molecule has 0 N–H and O–H groups in total. The van der Waals surface area contributed by atoms with Crippen LogP contribution in [0.4, 0.5) is 0 Å². The van der Waals surface area contributed by atoms with Gasteiger partial charge in [0.2, 0.25) is 0 Å². The molecule has 0 fully saturated rings. The molecule has 1 aromatic heterocycles. The summed E-state index contributed by atoms with van der Waals surface area (Å²) in [5.41, 5.74) is 2.20. The molecule has 0 saturated heterocycles. The van der Waals surface area contributed by atoms with Gasteiger partial charge in [0.05, 0.1) is 17.6 Å². The van der Waals surface area contributed by atoms with Crippen LogP contribution < -0.4 is 0 Å². The van der Waals surface area contributed by atoms with Crippen molar-refractivity contribution in [2.45, 2.75) is 34.1 Å². The molecule has 1 aromatic rings. The number of hydrogen-bond acceptors (Lipinski definition) is 3. The first-order valence-corrected chi connectivity index (χ1v) is 4.84. The van der Waals surface area contributed by atoms with Crippen molar-refractivity contribution in [3.8, 4) is 0 Å². The molecule has 0 aromatic carbocycles. The van der Waals surface area contributed by atoms with Gasteiger partial charge in [-0.3, -0.25) is 9.78 Å². The number of aryl methyl sites for hydroxylation is 2. The van der Waals surface area contributed by atoms with E-state index in [4.69, 9.17) is 0 Å². The Balaban J connectivity index is 2.86. The molecule has 0 aliphatic carbocycles. The molecule has 3 nitrogen and oxygen atoms in total. The Labute approximate surface area is 84.6 Å². The van der Waals surface area contributed by atoms with E-state index < -0.39 is 0 Å². The van der Waals surface area contributed by atoms with E-state index in [1.54, 1.807) is 6.20 Å². The highest BCUT2D eigenvalue weighted by Crippen LogP contribution is 2.08. The maximum atomic E-state index is 11.6. The van der Waals surface area contributed by atoms with Crippen molar-refractivity contribution in [3.63, 3.8) is 0 Å². The fourth-order valence-corrected chi connectivity index (χ4v) is 1.15. The summed E-state index contributed by atoms with van der Waals surface area (Å²) in [6, 6.07) is 0. The number of Topliss-reactive ketones (excluding diaryl/α,β-unsaturated/α-hetero) is 1. The Hall–Kier alpha value is -1.25. The Bertz CT molecular complexity index is 345. The number of carbonyl (C=O) groups excluding carboxylic acids is 1. The van der Waals surface area contributed by atoms with Gasteiger partial charge in [0.1, 0.15) is 5.69 Å². The average molecular weight is 192 g/mol. The number of carbonyl (C=O) groups is 1. The summed E-state index contributed by atoms with van der Waals surface area (Å²) >= 11 is 0. The van der Waals surface area contributed by atoms with Crippen LogP contribution >= 0.6 is 0 Å². The molecule has 76 valence electrons. The first-order chi connectivity index (χ1) is 6.50. The maximum absolute atomic E-state index is 11.6. The predicted octanol–water partition coefficient (Wildman–Crippen LogP) is 2.32. The summed E-state index contributed by atoms with van der Waals surface area (Å²) in [6.07, 6.45) is 2.10. The van der Waals surface area contributed by atoms with Crippen molar-refractivity contribution in [1.29, 1.82) is 0 Å². The molecule has 14 heavy (non-hydrogen) atoms. The largest absolute Gasteiger partial charge is 0.292 e. The van der Waals surface area contributed by atoms with Crippen LogP contribution in [0, 0.1) is 19.8 Å². The lowest BCUT2D eigenvalue weighted by Crippen LogP contribution is -2.08. The van der Waals surface area contributed by atoms with Crippen molar-refractivity contribution in [1.82, 2.24) is 9.97 Å². The predicted molar refractivity (Wildman–Crippen MR) is 55.3 cm³/mol. The van der Waals surface area contributed by atoms with Crippen molar-refractivity contribution in [3.05, 3.63) is 23.3 Å². The molecule has 0 spiro atoms. The number of rotatable bonds is 3. The molecule has 0 saturated carbocycles. The molecule has 0 aliphatic rings. The summed E-state index contributed by atoms with van der Waals surface area (Å²) in [4.78, 5) is 20.0. The van der Waals surface area contributed by atoms with Gasteiger partial charge in [-0.05, 0) is 19.8 Å². The van der Waals surface area contributed by atoms with Crippen molar-refractivity contribution in [2.75, 3.05) is 0 Å². The van der Waals surface area contributed by atoms with Crippen LogP contribution in [-0.4, -0.2) is 15.8 Å². The highest BCUT2D eigenvalue weighted by molar-refractivity contribution is 5.94. The van der Waals surface area contributed by atoms with Crippen LogP contribution in [0.25, 0.3) is 0 Å². The zero-order chi connectivity index (χ0) is 10.7. The average Bonchev–Trinajstić information content (AvgIpc) is 2.08. The second-order valence-electron chi connectivity index (χ2n) is 3.95. The molecule has 0 atom stereocenters. The van der Waals surface area contributed by atoms with Gasteiger partial charge >= 0.3 is 0 Å². The van der Waals surface area contributed by atoms with E-state index in [0.29, 0.717) is 18.0 Å². The molecule has 0 radical (unpaired) electrons. The van der Waals surface area contributed by atoms with E-state index in [1.807, 2.05) is 27.7 Å². The number of hydrogen-bond donors (Lipinski definition) is 0. The van der Waals surface area contributed by atoms with Crippen LogP contribution in [0.5, 0.6) is 0 Å². The van der Waals surface area contributed by atoms with E-state index in [9.17, 15) is 4.79 Å². The highest BCUT2D eigenvalue weighted by atomic mass is 16.1. The lowest BCUT2D eigenvalue weighted by atomic mass is 10.1. The van der Waals surface area contributed by atoms with Gasteiger partial charge < -0.3 is 0 Å². The summed E-state index contributed by atoms with van der Waals surface area (Å²) < 4.78 is 0. The quantitative estimate of drug-likeness (QED) is 0.690. The van der Waals surface area contributed by atoms with E-state index in [-0.39, 0.29) is 5.78 Å². The van der Waals surface area contributed by atoms with Gasteiger partial charge in [0.15, 0.2) is 5.78 Å². The molecule has 1 heterocycles. The third-order valence-corrected chi connectivity index (χ3v) is 2.07. The minimum atomic E-state index is 0.0793. The Morgan fingerprint density at radius 2 is 2.00 bits per heavy atom. The number of ketones is 1. The normalized spacial score (nSPS) is 10.6. The minimum Gasteiger partial charge on any atom is -0.292 e. The summed E-state index contributed by atoms with van der Waals surface area (Å²) in [5.74, 6) is 0.446. The second kappa shape index (κ2) is 4.31. The maximum Gasteiger partial charge on any atom is 0.183 e. The standard InChI is InChI=1S/C11H16N2O/c1-7(2)5-11(14)10-6-12-8(3)9(4)13-10/h6-7H,5H2,1-4H3. The van der Waals surface area contributed by atoms with Gasteiger partial charge in [0.25, 0.3) is 0 Å². The molecular weight excluding hydrogens is 176 g/mol. The molecule has 0 amide bonds. The Morgan fingerprint density at radius 3 is 2.50 bits per heavy atom. The summed E-state index contributed by atoms with van der Waals surface area (Å²) in [7, 11) is 0. The zero-order valence-electron chi connectivity index (χ0n) is 9.16. The van der Waals surface area contributed by atoms with E-state index in [1.165, 1.54) is 0 Å². The van der Waals surface area contributed by atoms with Crippen LogP contribution in [-0.2, 0) is 0 Å². The van der Waals surface area contributed by atoms with Crippen LogP contribution in [0.1, 0.15) is 42.1 Å². The lowest BCUT2D eigenvalue weighted by molar-refractivity contribution is 0.0962. The molecular formula is C11H16N2O. The van der Waals surface area contributed by atoms with E-state index in [2.05, 4.69) is 9.97 Å². The SMILES string of the molecule is Cc1ncc(C(=O)CC(C)C)nc1C. The second-order valence-corrected chi connectivity index (χ2v) is 3.95. The Morgan fingerprint density at radius 1 is 1.36 bits per heavy atom. The van der Waals surface area contributed by atoms with Crippen LogP contribution in [0.2, 0.25) is 0 Å². The van der Waals surface area contributed by atoms with Crippen LogP contribution in [0.15, 0.2) is 6.20 Å². The monoisotopic (exact) mass is 192 g/mol. The lowest BCUT2D eigenvalue weighted by Gasteiger charge is -2.04. The smallest absolute Gasteiger partial charge is 0.183 e. The Kier molecular flexibility index (Phi) is 3.33. The first-order valence-electron chi connectivity index (χ1n) is 4.84. The molecule has 0 bridgehead atoms. The fraction of sp³-hybridized carbons (Fsp3) is 0.545. The first kappa shape index (κ1) is 10.8. The highest BCUT2D eigenvalue weighted by Gasteiger charge is 2.10. The van der Waals surface area contributed by atoms with Crippen molar-refractivity contribution < 1.29 is 4.79 Å². The van der Waals surface area contributed by atoms with Crippen molar-refractivity contribution in [2.24, 2.45) is 5.92 Å². The minimum absolute atomic E-state index is 0.0793. The van der Waals surface area contributed by atoms with Gasteiger partial charge in [0, 0.05) is 6.42 Å².